The van der Waals surface area contributed by atoms with Gasteiger partial charge in [0, 0.05) is 39.3 Å². The van der Waals surface area contributed by atoms with Crippen LogP contribution in [0.3, 0.4) is 0 Å². The number of hydrogen-bond acceptors (Lipinski definition) is 5. The Morgan fingerprint density at radius 2 is 0.763 bits per heavy atom. The van der Waals surface area contributed by atoms with Gasteiger partial charge in [0.1, 0.15) is 0 Å². The summed E-state index contributed by atoms with van der Waals surface area (Å²) in [6, 6.07) is 0. The summed E-state index contributed by atoms with van der Waals surface area (Å²) in [6.45, 7) is 9.73. The Labute approximate surface area is 239 Å². The molecule has 4 N–H and O–H groups in total. The van der Waals surface area contributed by atoms with Gasteiger partial charge in [0.2, 0.25) is 0 Å². The Bertz CT molecular complexity index is 400. The van der Waals surface area contributed by atoms with Gasteiger partial charge in [0.25, 0.3) is 0 Å². The van der Waals surface area contributed by atoms with Crippen LogP contribution in [-0.2, 0) is 0 Å². The Hall–Kier alpha value is -0.200. The summed E-state index contributed by atoms with van der Waals surface area (Å²) < 4.78 is 0. The fraction of sp³-hybridized carbons (Fsp3) is 1.00. The summed E-state index contributed by atoms with van der Waals surface area (Å²) in [6.07, 6.45) is 28.3. The van der Waals surface area contributed by atoms with Gasteiger partial charge in [0.15, 0.2) is 0 Å². The summed E-state index contributed by atoms with van der Waals surface area (Å²) in [5.74, 6) is 0. The van der Waals surface area contributed by atoms with Crippen LogP contribution < -0.4 is 10.6 Å². The molecular formula is C33H71N3O2. The van der Waals surface area contributed by atoms with Gasteiger partial charge in [-0.1, -0.05) is 142 Å². The van der Waals surface area contributed by atoms with Gasteiger partial charge in [-0.05, 0) is 19.9 Å². The molecule has 2 unspecified atom stereocenters. The summed E-state index contributed by atoms with van der Waals surface area (Å²) >= 11 is 0. The molecule has 230 valence electrons. The normalized spacial score (nSPS) is 13.4. The first-order valence-electron chi connectivity index (χ1n) is 17.1. The maximum atomic E-state index is 10.2. The van der Waals surface area contributed by atoms with Gasteiger partial charge in [-0.15, -0.1) is 0 Å². The number of nitrogens with one attached hydrogen (secondary N) is 2. The fourth-order valence-corrected chi connectivity index (χ4v) is 5.13. The summed E-state index contributed by atoms with van der Waals surface area (Å²) in [5.41, 5.74) is 0. The van der Waals surface area contributed by atoms with Crippen LogP contribution in [0, 0.1) is 0 Å². The van der Waals surface area contributed by atoms with Crippen molar-refractivity contribution in [2.45, 2.75) is 167 Å². The number of hydrogen-bond donors (Lipinski definition) is 4. The highest BCUT2D eigenvalue weighted by Crippen LogP contribution is 2.13. The number of aliphatic hydroxyl groups is 2. The van der Waals surface area contributed by atoms with Crippen LogP contribution in [-0.4, -0.2) is 73.6 Å². The molecule has 5 nitrogen and oxygen atoms in total. The van der Waals surface area contributed by atoms with Gasteiger partial charge < -0.3 is 25.7 Å². The van der Waals surface area contributed by atoms with E-state index in [1.807, 2.05) is 0 Å². The van der Waals surface area contributed by atoms with E-state index in [0.29, 0.717) is 13.1 Å². The maximum absolute atomic E-state index is 10.2. The van der Waals surface area contributed by atoms with E-state index < -0.39 is 0 Å². The molecule has 5 heteroatoms. The van der Waals surface area contributed by atoms with Crippen LogP contribution in [0.1, 0.15) is 155 Å². The van der Waals surface area contributed by atoms with E-state index in [1.165, 1.54) is 116 Å². The lowest BCUT2D eigenvalue weighted by atomic mass is 10.0. The summed E-state index contributed by atoms with van der Waals surface area (Å²) in [7, 11) is 2.14. The summed E-state index contributed by atoms with van der Waals surface area (Å²) in [4.78, 5) is 2.31. The molecule has 0 aliphatic carbocycles. The maximum Gasteiger partial charge on any atom is 0.0664 e. The van der Waals surface area contributed by atoms with Crippen LogP contribution in [0.4, 0.5) is 0 Å². The fourth-order valence-electron chi connectivity index (χ4n) is 5.13. The van der Waals surface area contributed by atoms with Gasteiger partial charge in [-0.25, -0.2) is 0 Å². The zero-order chi connectivity index (χ0) is 27.9. The molecule has 0 rings (SSSR count). The van der Waals surface area contributed by atoms with Crippen molar-refractivity contribution in [3.05, 3.63) is 0 Å². The van der Waals surface area contributed by atoms with Crippen molar-refractivity contribution in [1.29, 1.82) is 0 Å². The third-order valence-electron chi connectivity index (χ3n) is 7.88. The quantitative estimate of drug-likeness (QED) is 0.0666. The second kappa shape index (κ2) is 31.3. The molecule has 0 fully saturated rings. The second-order valence-electron chi connectivity index (χ2n) is 12.0. The molecule has 0 aliphatic rings. The molecule has 0 saturated carbocycles. The highest BCUT2D eigenvalue weighted by Gasteiger charge is 2.06. The van der Waals surface area contributed by atoms with Crippen LogP contribution >= 0.6 is 0 Å². The number of rotatable bonds is 32. The third kappa shape index (κ3) is 30.3. The first kappa shape index (κ1) is 37.8. The van der Waals surface area contributed by atoms with Crippen molar-refractivity contribution in [1.82, 2.24) is 15.5 Å². The van der Waals surface area contributed by atoms with E-state index in [9.17, 15) is 10.2 Å². The first-order chi connectivity index (χ1) is 18.6. The van der Waals surface area contributed by atoms with Gasteiger partial charge in [-0.3, -0.25) is 0 Å². The average molecular weight is 542 g/mol. The zero-order valence-electron chi connectivity index (χ0n) is 26.3. The zero-order valence-corrected chi connectivity index (χ0v) is 26.3. The predicted molar refractivity (Wildman–Crippen MR) is 168 cm³/mol. The summed E-state index contributed by atoms with van der Waals surface area (Å²) in [5, 5.41) is 27.2. The molecule has 0 aromatic heterocycles. The highest BCUT2D eigenvalue weighted by molar-refractivity contribution is 4.64. The van der Waals surface area contributed by atoms with E-state index in [4.69, 9.17) is 0 Å². The van der Waals surface area contributed by atoms with E-state index >= 15 is 0 Å². The van der Waals surface area contributed by atoms with Crippen LogP contribution in [0.2, 0.25) is 0 Å². The van der Waals surface area contributed by atoms with E-state index in [0.717, 1.165) is 51.9 Å². The minimum Gasteiger partial charge on any atom is -0.392 e. The van der Waals surface area contributed by atoms with Crippen molar-refractivity contribution < 1.29 is 10.2 Å². The third-order valence-corrected chi connectivity index (χ3v) is 7.88. The molecule has 0 aliphatic heterocycles. The molecule has 0 heterocycles. The number of unbranched alkanes of at least 4 members (excludes halogenated alkanes) is 18. The Morgan fingerprint density at radius 1 is 0.474 bits per heavy atom. The van der Waals surface area contributed by atoms with E-state index in [1.54, 1.807) is 0 Å². The number of nitrogens with zero attached hydrogens (tertiary/aromatic N) is 1. The minimum atomic E-state index is -0.215. The first-order valence-corrected chi connectivity index (χ1v) is 17.1. The molecule has 0 saturated heterocycles. The molecular weight excluding hydrogens is 470 g/mol. The molecule has 0 aromatic carbocycles. The van der Waals surface area contributed by atoms with Crippen LogP contribution in [0.5, 0.6) is 0 Å². The SMILES string of the molecule is CCCCCCCCCCCCC(O)CNCCN(C)CCNCC(O)CCCCCCCCCCCC. The number of aliphatic hydroxyl groups excluding tert-OH is 2. The molecule has 0 amide bonds. The highest BCUT2D eigenvalue weighted by atomic mass is 16.3. The van der Waals surface area contributed by atoms with E-state index in [2.05, 4.69) is 36.4 Å². The van der Waals surface area contributed by atoms with Gasteiger partial charge in [-0.2, -0.15) is 0 Å². The smallest absolute Gasteiger partial charge is 0.0664 e. The second-order valence-corrected chi connectivity index (χ2v) is 12.0. The lowest BCUT2D eigenvalue weighted by Gasteiger charge is -2.19. The molecule has 0 aromatic rings. The standard InChI is InChI=1S/C33H71N3O2/c1-4-6-8-10-12-14-16-18-20-22-24-32(37)30-34-26-28-36(3)29-27-35-31-33(38)25-23-21-19-17-15-13-11-9-7-5-2/h32-35,37-38H,4-31H2,1-3H3. The monoisotopic (exact) mass is 542 g/mol. The average Bonchev–Trinajstić information content (AvgIpc) is 2.91. The molecule has 2 atom stereocenters. The minimum absolute atomic E-state index is 0.215. The Kier molecular flexibility index (Phi) is 31.2. The lowest BCUT2D eigenvalue weighted by molar-refractivity contribution is 0.154. The largest absolute Gasteiger partial charge is 0.392 e. The van der Waals surface area contributed by atoms with Gasteiger partial charge in [0.05, 0.1) is 12.2 Å². The van der Waals surface area contributed by atoms with Crippen LogP contribution in [0.25, 0.3) is 0 Å². The Balaban J connectivity index is 3.37. The predicted octanol–water partition coefficient (Wildman–Crippen LogP) is 7.44. The molecule has 38 heavy (non-hydrogen) atoms. The number of likely N-dealkylation sites (N-methyl/N-ethyl adjacent to an activating group) is 1. The van der Waals surface area contributed by atoms with Crippen LogP contribution in [0.15, 0.2) is 0 Å². The van der Waals surface area contributed by atoms with Crippen molar-refractivity contribution in [3.8, 4) is 0 Å². The van der Waals surface area contributed by atoms with Crippen molar-refractivity contribution in [3.63, 3.8) is 0 Å². The molecule has 0 radical (unpaired) electrons. The van der Waals surface area contributed by atoms with Gasteiger partial charge >= 0.3 is 0 Å². The lowest BCUT2D eigenvalue weighted by Crippen LogP contribution is -2.38. The topological polar surface area (TPSA) is 67.8 Å². The van der Waals surface area contributed by atoms with E-state index in [-0.39, 0.29) is 12.2 Å². The van der Waals surface area contributed by atoms with Crippen molar-refractivity contribution >= 4 is 0 Å². The Morgan fingerprint density at radius 3 is 1.08 bits per heavy atom. The van der Waals surface area contributed by atoms with Crippen molar-refractivity contribution in [2.24, 2.45) is 0 Å². The molecule has 0 spiro atoms. The van der Waals surface area contributed by atoms with Crippen molar-refractivity contribution in [2.75, 3.05) is 46.3 Å². The molecule has 0 bridgehead atoms.